The lowest BCUT2D eigenvalue weighted by Crippen LogP contribution is -2.34. The molecule has 3 rings (SSSR count). The van der Waals surface area contributed by atoms with Crippen molar-refractivity contribution in [2.45, 2.75) is 6.54 Å². The lowest BCUT2D eigenvalue weighted by Gasteiger charge is -2.11. The van der Waals surface area contributed by atoms with Crippen molar-refractivity contribution >= 4 is 23.4 Å². The summed E-state index contributed by atoms with van der Waals surface area (Å²) in [6.07, 6.45) is 1.73. The number of hydrogen-bond acceptors (Lipinski definition) is 3. The molecule has 0 saturated carbocycles. The van der Waals surface area contributed by atoms with Crippen LogP contribution < -0.4 is 11.0 Å². The quantitative estimate of drug-likeness (QED) is 0.695. The van der Waals surface area contributed by atoms with Gasteiger partial charge in [0.1, 0.15) is 0 Å². The Balaban J connectivity index is 2.07. The number of aromatic nitrogens is 1. The van der Waals surface area contributed by atoms with Crippen molar-refractivity contribution in [1.29, 1.82) is 0 Å². The van der Waals surface area contributed by atoms with Gasteiger partial charge in [-0.15, -0.1) is 0 Å². The first-order chi connectivity index (χ1) is 10.2. The van der Waals surface area contributed by atoms with Gasteiger partial charge in [0.25, 0.3) is 5.56 Å². The van der Waals surface area contributed by atoms with Gasteiger partial charge in [-0.3, -0.25) is 4.79 Å². The summed E-state index contributed by atoms with van der Waals surface area (Å²) < 4.78 is 1.57. The van der Waals surface area contributed by atoms with Crippen LogP contribution >= 0.6 is 0 Å². The minimum absolute atomic E-state index is 0.0877. The highest BCUT2D eigenvalue weighted by Crippen LogP contribution is 2.09. The molecule has 4 nitrogen and oxygen atoms in total. The molecule has 0 aliphatic carbocycles. The fourth-order valence-corrected chi connectivity index (χ4v) is 2.47. The van der Waals surface area contributed by atoms with Gasteiger partial charge in [-0.25, -0.2) is 0 Å². The minimum atomic E-state index is -1.54. The van der Waals surface area contributed by atoms with Gasteiger partial charge in [-0.05, 0) is 28.5 Å². The zero-order valence-corrected chi connectivity index (χ0v) is 11.3. The van der Waals surface area contributed by atoms with E-state index in [1.165, 1.54) is 0 Å². The molecule has 0 unspecified atom stereocenters. The normalized spacial score (nSPS) is 10.8. The Morgan fingerprint density at radius 1 is 0.952 bits per heavy atom. The molecule has 5 heteroatoms. The van der Waals surface area contributed by atoms with Gasteiger partial charge in [-0.1, -0.05) is 42.5 Å². The van der Waals surface area contributed by atoms with Gasteiger partial charge in [0.15, 0.2) is 0 Å². The number of nitrogens with zero attached hydrogens (tertiary/aromatic N) is 1. The van der Waals surface area contributed by atoms with E-state index in [0.29, 0.717) is 23.0 Å². The Morgan fingerprint density at radius 2 is 1.67 bits per heavy atom. The maximum absolute atomic E-state index is 12.5. The van der Waals surface area contributed by atoms with E-state index in [-0.39, 0.29) is 5.56 Å². The second-order valence-corrected chi connectivity index (χ2v) is 4.91. The van der Waals surface area contributed by atoms with Crippen LogP contribution in [0, 0.1) is 0 Å². The summed E-state index contributed by atoms with van der Waals surface area (Å²) in [5.41, 5.74) is 1.04. The molecule has 0 saturated heterocycles. The zero-order chi connectivity index (χ0) is 14.8. The molecule has 2 aromatic carbocycles. The van der Waals surface area contributed by atoms with E-state index in [1.54, 1.807) is 35.0 Å². The molecule has 1 aromatic heterocycles. The Bertz CT molecular complexity index is 842. The highest BCUT2D eigenvalue weighted by molar-refractivity contribution is 6.59. The van der Waals surface area contributed by atoms with Crippen molar-refractivity contribution in [3.05, 3.63) is 76.7 Å². The summed E-state index contributed by atoms with van der Waals surface area (Å²) >= 11 is 0. The van der Waals surface area contributed by atoms with Crippen molar-refractivity contribution in [3.63, 3.8) is 0 Å². The van der Waals surface area contributed by atoms with E-state index in [1.807, 2.05) is 30.3 Å². The highest BCUT2D eigenvalue weighted by atomic mass is 16.4. The second-order valence-electron chi connectivity index (χ2n) is 4.91. The molecule has 21 heavy (non-hydrogen) atoms. The van der Waals surface area contributed by atoms with Crippen LogP contribution in [0.15, 0.2) is 65.6 Å². The number of hydrogen-bond donors (Lipinski definition) is 2. The molecule has 0 amide bonds. The van der Waals surface area contributed by atoms with Crippen LogP contribution in [0.1, 0.15) is 5.56 Å². The van der Waals surface area contributed by atoms with Crippen molar-refractivity contribution in [3.8, 4) is 0 Å². The first kappa shape index (κ1) is 13.6. The molecule has 0 aliphatic rings. The lowest BCUT2D eigenvalue weighted by molar-refractivity contribution is 0.425. The molecule has 0 aliphatic heterocycles. The average molecular weight is 279 g/mol. The molecular weight excluding hydrogens is 265 g/mol. The predicted octanol–water partition coefficient (Wildman–Crippen LogP) is 0.730. The van der Waals surface area contributed by atoms with Gasteiger partial charge in [-0.2, -0.15) is 0 Å². The van der Waals surface area contributed by atoms with Gasteiger partial charge in [0.2, 0.25) is 0 Å². The fraction of sp³-hybridized carbons (Fsp3) is 0.0625. The maximum Gasteiger partial charge on any atom is 0.488 e. The molecule has 3 aromatic rings. The smallest absolute Gasteiger partial charge is 0.423 e. The Hall–Kier alpha value is -2.37. The maximum atomic E-state index is 12.5. The molecule has 0 atom stereocenters. The third-order valence-corrected chi connectivity index (χ3v) is 3.56. The minimum Gasteiger partial charge on any atom is -0.423 e. The van der Waals surface area contributed by atoms with E-state index in [0.717, 1.165) is 5.39 Å². The Morgan fingerprint density at radius 3 is 2.48 bits per heavy atom. The SMILES string of the molecule is O=c1c2ccccc2ccn1Cc1ccccc1B(O)O. The average Bonchev–Trinajstić information content (AvgIpc) is 2.51. The fourth-order valence-electron chi connectivity index (χ4n) is 2.47. The molecular formula is C16H14BNO3. The van der Waals surface area contributed by atoms with Gasteiger partial charge >= 0.3 is 7.12 Å². The number of benzene rings is 2. The second kappa shape index (κ2) is 5.56. The van der Waals surface area contributed by atoms with E-state index in [2.05, 4.69) is 0 Å². The van der Waals surface area contributed by atoms with Gasteiger partial charge in [0, 0.05) is 11.6 Å². The van der Waals surface area contributed by atoms with E-state index < -0.39 is 7.12 Å². The van der Waals surface area contributed by atoms with E-state index in [4.69, 9.17) is 0 Å². The third kappa shape index (κ3) is 2.61. The topological polar surface area (TPSA) is 62.5 Å². The van der Waals surface area contributed by atoms with Crippen LogP contribution in [-0.2, 0) is 6.54 Å². The predicted molar refractivity (Wildman–Crippen MR) is 83.6 cm³/mol. The third-order valence-electron chi connectivity index (χ3n) is 3.56. The van der Waals surface area contributed by atoms with Crippen LogP contribution in [0.25, 0.3) is 10.8 Å². The van der Waals surface area contributed by atoms with Crippen LogP contribution in [0.3, 0.4) is 0 Å². The van der Waals surface area contributed by atoms with E-state index in [9.17, 15) is 14.8 Å². The zero-order valence-electron chi connectivity index (χ0n) is 11.3. The Kier molecular flexibility index (Phi) is 3.60. The monoisotopic (exact) mass is 279 g/mol. The molecule has 0 radical (unpaired) electrons. The van der Waals surface area contributed by atoms with Crippen molar-refractivity contribution in [1.82, 2.24) is 4.57 Å². The molecule has 2 N–H and O–H groups in total. The summed E-state index contributed by atoms with van der Waals surface area (Å²) in [7, 11) is -1.54. The van der Waals surface area contributed by atoms with Crippen LogP contribution in [0.2, 0.25) is 0 Å². The molecule has 104 valence electrons. The summed E-state index contributed by atoms with van der Waals surface area (Å²) in [4.78, 5) is 12.5. The van der Waals surface area contributed by atoms with Gasteiger partial charge in [0.05, 0.1) is 6.54 Å². The summed E-state index contributed by atoms with van der Waals surface area (Å²) in [6, 6.07) is 16.3. The highest BCUT2D eigenvalue weighted by Gasteiger charge is 2.15. The van der Waals surface area contributed by atoms with Crippen LogP contribution in [-0.4, -0.2) is 21.7 Å². The Labute approximate surface area is 122 Å². The van der Waals surface area contributed by atoms with Gasteiger partial charge < -0.3 is 14.6 Å². The van der Waals surface area contributed by atoms with Crippen LogP contribution in [0.4, 0.5) is 0 Å². The number of rotatable bonds is 3. The summed E-state index contributed by atoms with van der Waals surface area (Å²) in [6.45, 7) is 0.303. The lowest BCUT2D eigenvalue weighted by atomic mass is 9.77. The molecule has 1 heterocycles. The van der Waals surface area contributed by atoms with Crippen molar-refractivity contribution in [2.24, 2.45) is 0 Å². The summed E-state index contributed by atoms with van der Waals surface area (Å²) in [5, 5.41) is 20.3. The molecule has 0 fully saturated rings. The van der Waals surface area contributed by atoms with Crippen molar-refractivity contribution < 1.29 is 10.0 Å². The summed E-state index contributed by atoms with van der Waals surface area (Å²) in [5.74, 6) is 0. The number of pyridine rings is 1. The van der Waals surface area contributed by atoms with Crippen molar-refractivity contribution in [2.75, 3.05) is 0 Å². The number of fused-ring (bicyclic) bond motifs is 1. The largest absolute Gasteiger partial charge is 0.488 e. The molecule has 0 spiro atoms. The standard InChI is InChI=1S/C16H14BNO3/c19-16-14-7-3-1-5-12(14)9-10-18(16)11-13-6-2-4-8-15(13)17(20)21/h1-10,20-21H,11H2. The molecule has 0 bridgehead atoms. The first-order valence-electron chi connectivity index (χ1n) is 6.69. The van der Waals surface area contributed by atoms with Crippen LogP contribution in [0.5, 0.6) is 0 Å². The van der Waals surface area contributed by atoms with E-state index >= 15 is 0 Å². The first-order valence-corrected chi connectivity index (χ1v) is 6.69.